The highest BCUT2D eigenvalue weighted by Crippen LogP contribution is 2.38. The van der Waals surface area contributed by atoms with Crippen LogP contribution in [0, 0.1) is 0 Å². The molecule has 52 heavy (non-hydrogen) atoms. The molecule has 0 bridgehead atoms. The number of thiazole rings is 2. The number of ether oxygens (including phenoxy) is 4. The molecule has 2 heterocycles. The van der Waals surface area contributed by atoms with Crippen molar-refractivity contribution in [2.45, 2.75) is 45.1 Å². The van der Waals surface area contributed by atoms with Crippen LogP contribution in [0.5, 0.6) is 33.4 Å². The molecule has 7 aromatic rings. The predicted octanol–water partition coefficient (Wildman–Crippen LogP) is 10.6. The fraction of sp³-hybridized carbons (Fsp3) is 0.214. The van der Waals surface area contributed by atoms with Crippen molar-refractivity contribution in [3.8, 4) is 33.4 Å². The van der Waals surface area contributed by atoms with E-state index in [1.807, 2.05) is 122 Å². The number of para-hydroxylation sites is 2. The normalized spacial score (nSPS) is 12.1. The average Bonchev–Trinajstić information content (AvgIpc) is 3.77. The van der Waals surface area contributed by atoms with Crippen LogP contribution in [-0.4, -0.2) is 35.1 Å². The van der Waals surface area contributed by atoms with E-state index in [-0.39, 0.29) is 5.78 Å². The number of hydrogen-bond acceptors (Lipinski definition) is 10. The van der Waals surface area contributed by atoms with E-state index in [0.717, 1.165) is 43.5 Å². The summed E-state index contributed by atoms with van der Waals surface area (Å²) < 4.78 is 25.0. The van der Waals surface area contributed by atoms with Gasteiger partial charge in [0.05, 0.1) is 40.3 Å². The summed E-state index contributed by atoms with van der Waals surface area (Å²) in [6.45, 7) is 3.45. The molecule has 1 unspecified atom stereocenters. The van der Waals surface area contributed by atoms with Gasteiger partial charge in [-0.05, 0) is 98.3 Å². The molecular weight excluding hydrogens is 693 g/mol. The summed E-state index contributed by atoms with van der Waals surface area (Å²) in [7, 11) is 3.24. The van der Waals surface area contributed by atoms with Crippen LogP contribution in [0.1, 0.15) is 43.4 Å². The van der Waals surface area contributed by atoms with Gasteiger partial charge in [0.2, 0.25) is 0 Å². The van der Waals surface area contributed by atoms with E-state index < -0.39 is 5.60 Å². The van der Waals surface area contributed by atoms with Crippen LogP contribution in [0.4, 0.5) is 0 Å². The number of Topliss-reactive ketones (excluding diaryl/α,β-unsaturated/α-hetero) is 1. The van der Waals surface area contributed by atoms with Crippen LogP contribution in [-0.2, 0) is 23.2 Å². The largest absolute Gasteiger partial charge is 0.493 e. The lowest BCUT2D eigenvalue weighted by Crippen LogP contribution is -2.21. The molecule has 8 nitrogen and oxygen atoms in total. The first-order chi connectivity index (χ1) is 25.2. The maximum absolute atomic E-state index is 11.1. The summed E-state index contributed by atoms with van der Waals surface area (Å²) in [5.41, 5.74) is 4.01. The molecule has 7 rings (SSSR count). The zero-order valence-corrected chi connectivity index (χ0v) is 31.1. The van der Waals surface area contributed by atoms with Gasteiger partial charge in [-0.3, -0.25) is 0 Å². The molecule has 0 aliphatic carbocycles. The molecule has 0 spiro atoms. The van der Waals surface area contributed by atoms with Crippen molar-refractivity contribution in [1.29, 1.82) is 0 Å². The molecule has 5 aromatic carbocycles. The van der Waals surface area contributed by atoms with Crippen LogP contribution in [0.3, 0.4) is 0 Å². The third-order valence-electron chi connectivity index (χ3n) is 8.46. The summed E-state index contributed by atoms with van der Waals surface area (Å²) in [4.78, 5) is 20.1. The first-order valence-electron chi connectivity index (χ1n) is 16.9. The van der Waals surface area contributed by atoms with Crippen LogP contribution < -0.4 is 18.9 Å². The molecule has 1 N–H and O–H groups in total. The molecule has 0 amide bonds. The maximum atomic E-state index is 11.1. The molecule has 0 fully saturated rings. The Kier molecular flexibility index (Phi) is 11.8. The number of fused-ring (bicyclic) bond motifs is 2. The monoisotopic (exact) mass is 732 g/mol. The number of aryl methyl sites for hydroxylation is 2. The number of rotatable bonds is 13. The molecule has 0 aliphatic heterocycles. The van der Waals surface area contributed by atoms with Gasteiger partial charge in [0.1, 0.15) is 5.78 Å². The quantitative estimate of drug-likeness (QED) is 0.125. The van der Waals surface area contributed by atoms with E-state index >= 15 is 0 Å². The first kappa shape index (κ1) is 36.5. The number of benzene rings is 5. The van der Waals surface area contributed by atoms with Crippen molar-refractivity contribution in [3.63, 3.8) is 0 Å². The smallest absolute Gasteiger partial charge is 0.279 e. The molecule has 0 saturated carbocycles. The van der Waals surface area contributed by atoms with E-state index in [1.54, 1.807) is 21.1 Å². The third kappa shape index (κ3) is 9.33. The minimum atomic E-state index is -0.884. The lowest BCUT2D eigenvalue weighted by molar-refractivity contribution is -0.116. The lowest BCUT2D eigenvalue weighted by Gasteiger charge is -2.24. The van der Waals surface area contributed by atoms with E-state index in [4.69, 9.17) is 18.9 Å². The topological polar surface area (TPSA) is 100 Å². The number of nitrogens with zero attached hydrogens (tertiary/aromatic N) is 2. The highest BCUT2D eigenvalue weighted by atomic mass is 32.1. The second kappa shape index (κ2) is 16.8. The molecular formula is C42H40N2O6S2. The summed E-state index contributed by atoms with van der Waals surface area (Å²) in [6, 6.07) is 37.2. The van der Waals surface area contributed by atoms with E-state index in [2.05, 4.69) is 9.97 Å². The van der Waals surface area contributed by atoms with Gasteiger partial charge in [0, 0.05) is 6.42 Å². The summed E-state index contributed by atoms with van der Waals surface area (Å²) >= 11 is 3.00. The Bertz CT molecular complexity index is 2200. The van der Waals surface area contributed by atoms with Gasteiger partial charge in [-0.2, -0.15) is 0 Å². The Balaban J connectivity index is 0.000000183. The van der Waals surface area contributed by atoms with Crippen LogP contribution >= 0.6 is 22.7 Å². The standard InChI is InChI=1S/C24H23NO3S.C18H17NO3S/c1-24(26,18-8-4-3-5-9-18)15-14-17-12-13-20(21(16-17)27-2)28-23-25-19-10-6-7-11-22(19)29-23;1-12(20)7-8-13-9-10-15(16(11-13)21-2)22-18-19-14-5-3-4-6-17(14)23-18/h3-13,16,26H,14-15H2,1-2H3;3-6,9-11H,7-8H2,1-2H3. The maximum Gasteiger partial charge on any atom is 0.279 e. The van der Waals surface area contributed by atoms with E-state index in [9.17, 15) is 9.90 Å². The van der Waals surface area contributed by atoms with Gasteiger partial charge in [0.25, 0.3) is 10.4 Å². The Morgan fingerprint density at radius 3 is 1.62 bits per heavy atom. The average molecular weight is 733 g/mol. The minimum absolute atomic E-state index is 0.179. The first-order valence-corrected chi connectivity index (χ1v) is 18.5. The van der Waals surface area contributed by atoms with E-state index in [0.29, 0.717) is 52.6 Å². The number of carbonyl (C=O) groups excluding carboxylic acids is 1. The summed E-state index contributed by atoms with van der Waals surface area (Å²) in [5, 5.41) is 12.0. The highest BCUT2D eigenvalue weighted by Gasteiger charge is 2.23. The number of hydrogen-bond donors (Lipinski definition) is 1. The molecule has 10 heteroatoms. The van der Waals surface area contributed by atoms with Crippen molar-refractivity contribution in [2.24, 2.45) is 0 Å². The minimum Gasteiger partial charge on any atom is -0.493 e. The van der Waals surface area contributed by atoms with Crippen LogP contribution in [0.25, 0.3) is 20.4 Å². The SMILES string of the molecule is COc1cc(CCC(C)(O)c2ccccc2)ccc1Oc1nc2ccccc2s1.COc1cc(CCC(C)=O)ccc1Oc1nc2ccccc2s1. The Morgan fingerprint density at radius 2 is 1.13 bits per heavy atom. The lowest BCUT2D eigenvalue weighted by atomic mass is 9.89. The molecule has 1 atom stereocenters. The fourth-order valence-electron chi connectivity index (χ4n) is 5.53. The Labute approximate surface area is 311 Å². The number of ketones is 1. The van der Waals surface area contributed by atoms with Crippen molar-refractivity contribution < 1.29 is 28.8 Å². The Morgan fingerprint density at radius 1 is 0.654 bits per heavy atom. The second-order valence-corrected chi connectivity index (χ2v) is 14.4. The van der Waals surface area contributed by atoms with Gasteiger partial charge >= 0.3 is 0 Å². The van der Waals surface area contributed by atoms with Gasteiger partial charge < -0.3 is 28.8 Å². The van der Waals surface area contributed by atoms with Crippen molar-refractivity contribution in [2.75, 3.05) is 14.2 Å². The third-order valence-corrected chi connectivity index (χ3v) is 10.3. The predicted molar refractivity (Wildman–Crippen MR) is 209 cm³/mol. The van der Waals surface area contributed by atoms with Crippen LogP contribution in [0.15, 0.2) is 115 Å². The number of carbonyl (C=O) groups is 1. The molecule has 0 aliphatic rings. The zero-order valence-electron chi connectivity index (χ0n) is 29.5. The summed E-state index contributed by atoms with van der Waals surface area (Å²) in [5.74, 6) is 2.73. The Hall–Kier alpha value is -5.29. The molecule has 0 radical (unpaired) electrons. The molecule has 266 valence electrons. The van der Waals surface area contributed by atoms with Crippen molar-refractivity contribution >= 4 is 48.9 Å². The van der Waals surface area contributed by atoms with E-state index in [1.165, 1.54) is 22.7 Å². The summed E-state index contributed by atoms with van der Waals surface area (Å²) in [6.07, 6.45) is 2.56. The van der Waals surface area contributed by atoms with Crippen LogP contribution in [0.2, 0.25) is 0 Å². The van der Waals surface area contributed by atoms with Crippen molar-refractivity contribution in [3.05, 3.63) is 132 Å². The molecule has 2 aromatic heterocycles. The van der Waals surface area contributed by atoms with Gasteiger partial charge in [0.15, 0.2) is 23.0 Å². The number of methoxy groups -OCH3 is 2. The fourth-order valence-corrected chi connectivity index (χ4v) is 7.19. The van der Waals surface area contributed by atoms with Gasteiger partial charge in [-0.25, -0.2) is 9.97 Å². The number of aliphatic hydroxyl groups is 1. The zero-order chi connectivity index (χ0) is 36.5. The van der Waals surface area contributed by atoms with Crippen molar-refractivity contribution in [1.82, 2.24) is 9.97 Å². The molecule has 0 saturated heterocycles. The van der Waals surface area contributed by atoms with Gasteiger partial charge in [-0.15, -0.1) is 0 Å². The van der Waals surface area contributed by atoms with Gasteiger partial charge in [-0.1, -0.05) is 89.4 Å². The number of aromatic nitrogens is 2. The highest BCUT2D eigenvalue weighted by molar-refractivity contribution is 7.20. The second-order valence-electron chi connectivity index (χ2n) is 12.4.